The highest BCUT2D eigenvalue weighted by Crippen LogP contribution is 2.35. The fraction of sp³-hybridized carbons (Fsp3) is 0.318. The van der Waals surface area contributed by atoms with Crippen LogP contribution in [0.2, 0.25) is 0 Å². The van der Waals surface area contributed by atoms with Crippen LogP contribution in [0.25, 0.3) is 6.08 Å². The summed E-state index contributed by atoms with van der Waals surface area (Å²) in [5.74, 6) is 1.60. The van der Waals surface area contributed by atoms with Crippen molar-refractivity contribution in [3.63, 3.8) is 0 Å². The summed E-state index contributed by atoms with van der Waals surface area (Å²) in [6, 6.07) is 13.7. The van der Waals surface area contributed by atoms with E-state index < -0.39 is 0 Å². The van der Waals surface area contributed by atoms with Gasteiger partial charge in [-0.05, 0) is 30.7 Å². The lowest BCUT2D eigenvalue weighted by Gasteiger charge is -2.19. The van der Waals surface area contributed by atoms with Gasteiger partial charge in [-0.25, -0.2) is 0 Å². The Hall–Kier alpha value is -3.15. The third-order valence-corrected chi connectivity index (χ3v) is 4.32. The van der Waals surface area contributed by atoms with Crippen LogP contribution in [0.5, 0.6) is 17.2 Å². The predicted molar refractivity (Wildman–Crippen MR) is 112 cm³/mol. The standard InChI is InChI=1S/C22H28N2O4/c1-24(18-9-6-5-7-10-18)14-8-13-23-22(25)12-11-17-15-20(27-3)21(28-4)16-19(17)26-2/h5-7,9-12,15-16H,8,13-14H2,1-4H3,(H,23,25)/b12-11+. The summed E-state index contributed by atoms with van der Waals surface area (Å²) in [5.41, 5.74) is 1.90. The zero-order valence-corrected chi connectivity index (χ0v) is 16.9. The molecule has 0 aromatic heterocycles. The van der Waals surface area contributed by atoms with Crippen molar-refractivity contribution in [3.8, 4) is 17.2 Å². The van der Waals surface area contributed by atoms with Gasteiger partial charge in [0, 0.05) is 43.5 Å². The first-order chi connectivity index (χ1) is 13.6. The van der Waals surface area contributed by atoms with Crippen molar-refractivity contribution < 1.29 is 19.0 Å². The normalized spacial score (nSPS) is 10.6. The van der Waals surface area contributed by atoms with Gasteiger partial charge in [-0.1, -0.05) is 18.2 Å². The second-order valence-corrected chi connectivity index (χ2v) is 6.18. The molecule has 6 heteroatoms. The third kappa shape index (κ3) is 5.94. The number of hydrogen-bond donors (Lipinski definition) is 1. The summed E-state index contributed by atoms with van der Waals surface area (Å²) in [4.78, 5) is 14.3. The van der Waals surface area contributed by atoms with Crippen molar-refractivity contribution in [1.29, 1.82) is 0 Å². The van der Waals surface area contributed by atoms with Gasteiger partial charge in [0.05, 0.1) is 21.3 Å². The lowest BCUT2D eigenvalue weighted by atomic mass is 10.1. The molecule has 2 rings (SSSR count). The molecular weight excluding hydrogens is 356 g/mol. The van der Waals surface area contributed by atoms with Gasteiger partial charge in [-0.2, -0.15) is 0 Å². The Kier molecular flexibility index (Phi) is 8.21. The molecule has 28 heavy (non-hydrogen) atoms. The zero-order valence-electron chi connectivity index (χ0n) is 16.9. The first kappa shape index (κ1) is 21.2. The van der Waals surface area contributed by atoms with E-state index in [4.69, 9.17) is 14.2 Å². The fourth-order valence-electron chi connectivity index (χ4n) is 2.75. The topological polar surface area (TPSA) is 60.0 Å². The number of amides is 1. The second kappa shape index (κ2) is 10.9. The number of nitrogens with one attached hydrogen (secondary N) is 1. The minimum atomic E-state index is -0.154. The molecule has 0 heterocycles. The van der Waals surface area contributed by atoms with Crippen LogP contribution in [0.1, 0.15) is 12.0 Å². The lowest BCUT2D eigenvalue weighted by molar-refractivity contribution is -0.116. The molecule has 0 spiro atoms. The highest BCUT2D eigenvalue weighted by molar-refractivity contribution is 5.92. The Morgan fingerprint density at radius 2 is 1.64 bits per heavy atom. The molecule has 2 aromatic carbocycles. The molecule has 0 saturated carbocycles. The van der Waals surface area contributed by atoms with Crippen LogP contribution in [-0.2, 0) is 4.79 Å². The number of anilines is 1. The molecule has 0 saturated heterocycles. The van der Waals surface area contributed by atoms with Crippen molar-refractivity contribution in [2.24, 2.45) is 0 Å². The lowest BCUT2D eigenvalue weighted by Crippen LogP contribution is -2.26. The van der Waals surface area contributed by atoms with Gasteiger partial charge in [0.1, 0.15) is 5.75 Å². The Bertz CT molecular complexity index is 791. The van der Waals surface area contributed by atoms with Crippen molar-refractivity contribution in [2.75, 3.05) is 46.4 Å². The summed E-state index contributed by atoms with van der Waals surface area (Å²) < 4.78 is 15.9. The van der Waals surface area contributed by atoms with Crippen molar-refractivity contribution in [3.05, 3.63) is 54.1 Å². The van der Waals surface area contributed by atoms with E-state index in [1.54, 1.807) is 39.5 Å². The molecule has 150 valence electrons. The van der Waals surface area contributed by atoms with Gasteiger partial charge in [0.25, 0.3) is 0 Å². The first-order valence-electron chi connectivity index (χ1n) is 9.11. The Morgan fingerprint density at radius 3 is 2.29 bits per heavy atom. The second-order valence-electron chi connectivity index (χ2n) is 6.18. The number of carbonyl (C=O) groups is 1. The van der Waals surface area contributed by atoms with Crippen LogP contribution >= 0.6 is 0 Å². The number of para-hydroxylation sites is 1. The molecular formula is C22H28N2O4. The summed E-state index contributed by atoms with van der Waals surface area (Å²) in [6.07, 6.45) is 4.04. The zero-order chi connectivity index (χ0) is 20.4. The largest absolute Gasteiger partial charge is 0.496 e. The Labute approximate surface area is 166 Å². The summed E-state index contributed by atoms with van der Waals surface area (Å²) >= 11 is 0. The fourth-order valence-corrected chi connectivity index (χ4v) is 2.75. The molecule has 0 unspecified atom stereocenters. The SMILES string of the molecule is COc1cc(OC)c(OC)cc1/C=C/C(=O)NCCCN(C)c1ccccc1. The van der Waals surface area contributed by atoms with Crippen molar-refractivity contribution in [1.82, 2.24) is 5.32 Å². The van der Waals surface area contributed by atoms with E-state index in [9.17, 15) is 4.79 Å². The number of hydrogen-bond acceptors (Lipinski definition) is 5. The van der Waals surface area contributed by atoms with E-state index in [0.29, 0.717) is 23.8 Å². The van der Waals surface area contributed by atoms with Crippen LogP contribution in [0.4, 0.5) is 5.69 Å². The molecule has 0 fully saturated rings. The van der Waals surface area contributed by atoms with Crippen LogP contribution in [-0.4, -0.2) is 47.4 Å². The molecule has 0 bridgehead atoms. The van der Waals surface area contributed by atoms with Crippen molar-refractivity contribution >= 4 is 17.7 Å². The monoisotopic (exact) mass is 384 g/mol. The first-order valence-corrected chi connectivity index (χ1v) is 9.11. The minimum absolute atomic E-state index is 0.154. The average Bonchev–Trinajstić information content (AvgIpc) is 2.74. The van der Waals surface area contributed by atoms with E-state index in [1.165, 1.54) is 6.08 Å². The van der Waals surface area contributed by atoms with Crippen LogP contribution in [0, 0.1) is 0 Å². The van der Waals surface area contributed by atoms with Gasteiger partial charge < -0.3 is 24.4 Å². The number of methoxy groups -OCH3 is 3. The summed E-state index contributed by atoms with van der Waals surface area (Å²) in [7, 11) is 6.74. The number of rotatable bonds is 10. The molecule has 0 aliphatic rings. The molecule has 0 aliphatic heterocycles. The maximum Gasteiger partial charge on any atom is 0.244 e. The van der Waals surface area contributed by atoms with E-state index in [1.807, 2.05) is 25.2 Å². The minimum Gasteiger partial charge on any atom is -0.496 e. The molecule has 1 amide bonds. The third-order valence-electron chi connectivity index (χ3n) is 4.32. The van der Waals surface area contributed by atoms with Crippen LogP contribution in [0.15, 0.2) is 48.5 Å². The molecule has 2 aromatic rings. The molecule has 1 N–H and O–H groups in total. The van der Waals surface area contributed by atoms with Crippen LogP contribution in [0.3, 0.4) is 0 Å². The number of benzene rings is 2. The maximum absolute atomic E-state index is 12.1. The van der Waals surface area contributed by atoms with Gasteiger partial charge in [-0.15, -0.1) is 0 Å². The van der Waals surface area contributed by atoms with E-state index in [2.05, 4.69) is 22.3 Å². The summed E-state index contributed by atoms with van der Waals surface area (Å²) in [6.45, 7) is 1.46. The van der Waals surface area contributed by atoms with Gasteiger partial charge in [0.15, 0.2) is 11.5 Å². The Morgan fingerprint density at radius 1 is 1.00 bits per heavy atom. The highest BCUT2D eigenvalue weighted by atomic mass is 16.5. The number of ether oxygens (including phenoxy) is 3. The molecule has 0 aliphatic carbocycles. The number of carbonyl (C=O) groups excluding carboxylic acids is 1. The Balaban J connectivity index is 1.86. The predicted octanol–water partition coefficient (Wildman–Crippen LogP) is 3.37. The quantitative estimate of drug-likeness (QED) is 0.503. The van der Waals surface area contributed by atoms with Gasteiger partial charge in [0.2, 0.25) is 5.91 Å². The average molecular weight is 384 g/mol. The maximum atomic E-state index is 12.1. The van der Waals surface area contributed by atoms with E-state index in [0.717, 1.165) is 24.2 Å². The number of nitrogens with zero attached hydrogens (tertiary/aromatic N) is 1. The van der Waals surface area contributed by atoms with Gasteiger partial charge in [-0.3, -0.25) is 4.79 Å². The highest BCUT2D eigenvalue weighted by Gasteiger charge is 2.10. The van der Waals surface area contributed by atoms with Crippen LogP contribution < -0.4 is 24.4 Å². The molecule has 0 atom stereocenters. The van der Waals surface area contributed by atoms with E-state index in [-0.39, 0.29) is 5.91 Å². The summed E-state index contributed by atoms with van der Waals surface area (Å²) in [5, 5.41) is 2.90. The molecule has 6 nitrogen and oxygen atoms in total. The molecule has 0 radical (unpaired) electrons. The van der Waals surface area contributed by atoms with Crippen molar-refractivity contribution in [2.45, 2.75) is 6.42 Å². The van der Waals surface area contributed by atoms with Gasteiger partial charge >= 0.3 is 0 Å². The van der Waals surface area contributed by atoms with E-state index >= 15 is 0 Å². The smallest absolute Gasteiger partial charge is 0.244 e.